The van der Waals surface area contributed by atoms with Crippen molar-refractivity contribution in [2.45, 2.75) is 56.5 Å². The number of hydrogen-bond donors (Lipinski definition) is 1. The summed E-state index contributed by atoms with van der Waals surface area (Å²) in [5.41, 5.74) is -4.65. The van der Waals surface area contributed by atoms with Crippen molar-refractivity contribution in [2.24, 2.45) is 0 Å². The predicted molar refractivity (Wildman–Crippen MR) is 160 cm³/mol. The molecule has 1 amide bonds. The Bertz CT molecular complexity index is 1600. The molecule has 1 aromatic heterocycles. The molecule has 248 valence electrons. The monoisotopic (exact) mass is 672 g/mol. The maximum Gasteiger partial charge on any atom is 0.416 e. The van der Waals surface area contributed by atoms with Gasteiger partial charge in [0.05, 0.1) is 46.1 Å². The number of likely N-dealkylation sites (N-methyl/N-ethyl adjacent to an activating group) is 1. The Balaban J connectivity index is 1.59. The van der Waals surface area contributed by atoms with E-state index in [1.165, 1.54) is 39.2 Å². The van der Waals surface area contributed by atoms with Crippen molar-refractivity contribution in [3.63, 3.8) is 0 Å². The third kappa shape index (κ3) is 6.54. The van der Waals surface area contributed by atoms with E-state index >= 15 is 0 Å². The minimum atomic E-state index is -5.09. The number of aliphatic hydroxyl groups is 1. The second kappa shape index (κ2) is 12.3. The van der Waals surface area contributed by atoms with E-state index in [2.05, 4.69) is 9.88 Å². The van der Waals surface area contributed by atoms with Gasteiger partial charge in [-0.25, -0.2) is 9.37 Å². The van der Waals surface area contributed by atoms with Gasteiger partial charge in [0.25, 0.3) is 0 Å². The first kappa shape index (κ1) is 33.9. The van der Waals surface area contributed by atoms with Gasteiger partial charge in [-0.3, -0.25) is 9.69 Å². The number of carbonyl (C=O) groups is 1. The molecule has 46 heavy (non-hydrogen) atoms. The molecule has 14 heteroatoms. The van der Waals surface area contributed by atoms with Gasteiger partial charge in [-0.2, -0.15) is 26.3 Å². The van der Waals surface area contributed by atoms with Crippen molar-refractivity contribution >= 4 is 29.0 Å². The van der Waals surface area contributed by atoms with Crippen LogP contribution in [0.15, 0.2) is 48.7 Å². The first-order valence-electron chi connectivity index (χ1n) is 14.6. The van der Waals surface area contributed by atoms with Crippen molar-refractivity contribution < 1.29 is 40.6 Å². The number of anilines is 2. The molecule has 0 unspecified atom stereocenters. The fourth-order valence-electron chi connectivity index (χ4n) is 6.28. The average Bonchev–Trinajstić information content (AvgIpc) is 3.46. The number of aliphatic hydroxyl groups excluding tert-OH is 1. The summed E-state index contributed by atoms with van der Waals surface area (Å²) < 4.78 is 95.9. The van der Waals surface area contributed by atoms with Gasteiger partial charge >= 0.3 is 12.4 Å². The quantitative estimate of drug-likeness (QED) is 0.282. The van der Waals surface area contributed by atoms with Crippen molar-refractivity contribution in [3.8, 4) is 11.1 Å². The number of benzene rings is 2. The summed E-state index contributed by atoms with van der Waals surface area (Å²) in [7, 11) is 1.33. The van der Waals surface area contributed by atoms with Gasteiger partial charge in [-0.15, -0.1) is 0 Å². The molecular weight excluding hydrogens is 641 g/mol. The van der Waals surface area contributed by atoms with Crippen LogP contribution in [0.2, 0.25) is 5.02 Å². The first-order chi connectivity index (χ1) is 21.4. The summed E-state index contributed by atoms with van der Waals surface area (Å²) in [6.07, 6.45) is -6.83. The number of carbonyl (C=O) groups excluding carboxylic acids is 1. The third-order valence-electron chi connectivity index (χ3n) is 8.90. The van der Waals surface area contributed by atoms with Gasteiger partial charge in [-0.1, -0.05) is 11.6 Å². The van der Waals surface area contributed by atoms with Gasteiger partial charge in [0.15, 0.2) is 0 Å². The summed E-state index contributed by atoms with van der Waals surface area (Å²) in [6, 6.07) is 6.36. The van der Waals surface area contributed by atoms with E-state index in [0.717, 1.165) is 30.4 Å². The molecule has 3 aromatic rings. The van der Waals surface area contributed by atoms with Crippen LogP contribution in [0, 0.1) is 5.82 Å². The lowest BCUT2D eigenvalue weighted by Gasteiger charge is -2.44. The number of halogens is 8. The number of piperazine rings is 1. The summed E-state index contributed by atoms with van der Waals surface area (Å²) >= 11 is 6.46. The maximum atomic E-state index is 14.1. The van der Waals surface area contributed by atoms with Crippen LogP contribution in [0.5, 0.6) is 0 Å². The van der Waals surface area contributed by atoms with Gasteiger partial charge in [-0.05, 0) is 81.3 Å². The number of hydrogen-bond acceptors (Lipinski definition) is 5. The van der Waals surface area contributed by atoms with Gasteiger partial charge in [0.2, 0.25) is 5.91 Å². The molecule has 0 bridgehead atoms. The van der Waals surface area contributed by atoms with Crippen molar-refractivity contribution in [2.75, 3.05) is 43.1 Å². The molecule has 3 heterocycles. The molecule has 1 N–H and O–H groups in total. The van der Waals surface area contributed by atoms with Crippen LogP contribution in [0.25, 0.3) is 11.1 Å². The maximum absolute atomic E-state index is 14.1. The standard InChI is InChI=1S/C32H32ClF7N4O2/c1-30(2,18-9-19(31(35,36)37)11-20(10-18)32(38,39)40)29(46)42(3)27-14-41-28(13-25(27)24-7-6-21(34)12-26(24)33)44-16-22-5-4-8-43(22)15-23(44)17-45/h6-7,9-14,22-23,45H,4-5,8,15-17H2,1-3H3/t22-,23+/m1/s1. The highest BCUT2D eigenvalue weighted by molar-refractivity contribution is 6.33. The fourth-order valence-corrected chi connectivity index (χ4v) is 6.55. The van der Waals surface area contributed by atoms with Crippen LogP contribution in [0.3, 0.4) is 0 Å². The smallest absolute Gasteiger partial charge is 0.394 e. The number of rotatable bonds is 6. The largest absolute Gasteiger partial charge is 0.416 e. The molecule has 0 aliphatic carbocycles. The van der Waals surface area contributed by atoms with E-state index in [4.69, 9.17) is 11.6 Å². The van der Waals surface area contributed by atoms with Crippen LogP contribution in [0.4, 0.5) is 42.2 Å². The van der Waals surface area contributed by atoms with E-state index in [1.807, 2.05) is 4.90 Å². The lowest BCUT2D eigenvalue weighted by molar-refractivity contribution is -0.143. The van der Waals surface area contributed by atoms with E-state index in [1.54, 1.807) is 6.07 Å². The zero-order valence-electron chi connectivity index (χ0n) is 25.2. The van der Waals surface area contributed by atoms with Crippen molar-refractivity contribution in [1.29, 1.82) is 0 Å². The Labute approximate surface area is 266 Å². The lowest BCUT2D eigenvalue weighted by Crippen LogP contribution is -2.57. The van der Waals surface area contributed by atoms with E-state index in [0.29, 0.717) is 42.2 Å². The van der Waals surface area contributed by atoms with E-state index < -0.39 is 46.2 Å². The molecule has 2 aromatic carbocycles. The van der Waals surface area contributed by atoms with Crippen LogP contribution in [-0.4, -0.2) is 66.3 Å². The number of amides is 1. The highest BCUT2D eigenvalue weighted by Gasteiger charge is 2.42. The van der Waals surface area contributed by atoms with Gasteiger partial charge in [0, 0.05) is 37.3 Å². The van der Waals surface area contributed by atoms with Crippen molar-refractivity contribution in [1.82, 2.24) is 9.88 Å². The van der Waals surface area contributed by atoms with Crippen molar-refractivity contribution in [3.05, 3.63) is 76.2 Å². The number of pyridine rings is 1. The van der Waals surface area contributed by atoms with Gasteiger partial charge < -0.3 is 14.9 Å². The van der Waals surface area contributed by atoms with E-state index in [-0.39, 0.29) is 35.5 Å². The Morgan fingerprint density at radius 2 is 1.61 bits per heavy atom. The highest BCUT2D eigenvalue weighted by Crippen LogP contribution is 2.42. The number of alkyl halides is 6. The Kier molecular flexibility index (Phi) is 9.08. The average molecular weight is 673 g/mol. The Hall–Kier alpha value is -3.42. The molecule has 0 saturated carbocycles. The molecular formula is C32H32ClF7N4O2. The molecule has 2 atom stereocenters. The minimum Gasteiger partial charge on any atom is -0.394 e. The normalized spacial score (nSPS) is 19.3. The summed E-state index contributed by atoms with van der Waals surface area (Å²) in [6.45, 7) is 4.44. The number of nitrogens with zero attached hydrogens (tertiary/aromatic N) is 4. The summed E-state index contributed by atoms with van der Waals surface area (Å²) in [5.74, 6) is -0.989. The fraction of sp³-hybridized carbons (Fsp3) is 0.438. The second-order valence-electron chi connectivity index (χ2n) is 12.2. The predicted octanol–water partition coefficient (Wildman–Crippen LogP) is 7.16. The van der Waals surface area contributed by atoms with E-state index in [9.17, 15) is 40.6 Å². The van der Waals surface area contributed by atoms with Gasteiger partial charge in [0.1, 0.15) is 11.6 Å². The molecule has 2 aliphatic heterocycles. The molecule has 0 radical (unpaired) electrons. The molecule has 5 rings (SSSR count). The topological polar surface area (TPSA) is 59.9 Å². The number of fused-ring (bicyclic) bond motifs is 1. The lowest BCUT2D eigenvalue weighted by atomic mass is 9.81. The zero-order chi connectivity index (χ0) is 33.8. The summed E-state index contributed by atoms with van der Waals surface area (Å²) in [4.78, 5) is 24.0. The molecule has 2 aliphatic rings. The Morgan fingerprint density at radius 1 is 0.978 bits per heavy atom. The minimum absolute atomic E-state index is 0.00512. The van der Waals surface area contributed by atoms with Crippen LogP contribution in [0.1, 0.15) is 43.4 Å². The number of aromatic nitrogens is 1. The second-order valence-corrected chi connectivity index (χ2v) is 12.7. The van der Waals surface area contributed by atoms with Crippen LogP contribution in [-0.2, 0) is 22.6 Å². The molecule has 2 saturated heterocycles. The molecule has 2 fully saturated rings. The third-order valence-corrected chi connectivity index (χ3v) is 9.21. The van der Waals surface area contributed by atoms with Crippen LogP contribution < -0.4 is 9.80 Å². The highest BCUT2D eigenvalue weighted by atomic mass is 35.5. The molecule has 0 spiro atoms. The Morgan fingerprint density at radius 3 is 2.20 bits per heavy atom. The van der Waals surface area contributed by atoms with Crippen LogP contribution >= 0.6 is 11.6 Å². The zero-order valence-corrected chi connectivity index (χ0v) is 25.9. The summed E-state index contributed by atoms with van der Waals surface area (Å²) in [5, 5.41) is 10.2. The molecule has 6 nitrogen and oxygen atoms in total. The SMILES string of the molecule is CN(C(=O)C(C)(C)c1cc(C(F)(F)F)cc(C(F)(F)F)c1)c1cnc(N2C[C@H]3CCCN3C[C@H]2CO)cc1-c1ccc(F)cc1Cl. The first-order valence-corrected chi connectivity index (χ1v) is 14.9.